The van der Waals surface area contributed by atoms with Gasteiger partial charge in [-0.2, -0.15) is 0 Å². The zero-order valence-electron chi connectivity index (χ0n) is 19.7. The summed E-state index contributed by atoms with van der Waals surface area (Å²) >= 11 is 0. The number of benzene rings is 1. The third-order valence-electron chi connectivity index (χ3n) is 6.77. The van der Waals surface area contributed by atoms with E-state index in [1.54, 1.807) is 0 Å². The van der Waals surface area contributed by atoms with Crippen molar-refractivity contribution in [2.45, 2.75) is 130 Å². The molecule has 160 valence electrons. The molecule has 1 heteroatoms. The molecule has 1 aliphatic carbocycles. The van der Waals surface area contributed by atoms with Crippen LogP contribution in [0.4, 0.5) is 0 Å². The van der Waals surface area contributed by atoms with Crippen molar-refractivity contribution in [2.24, 2.45) is 5.41 Å². The van der Waals surface area contributed by atoms with Crippen LogP contribution in [0.25, 0.3) is 0 Å². The summed E-state index contributed by atoms with van der Waals surface area (Å²) in [5, 5.41) is 11.2. The van der Waals surface area contributed by atoms with Crippen LogP contribution >= 0.6 is 0 Å². The molecular formula is C27H46O. The van der Waals surface area contributed by atoms with Crippen LogP contribution in [0, 0.1) is 5.41 Å². The molecule has 2 rings (SSSR count). The Labute approximate surface area is 175 Å². The summed E-state index contributed by atoms with van der Waals surface area (Å²) in [7, 11) is 0. The van der Waals surface area contributed by atoms with Gasteiger partial charge in [-0.25, -0.2) is 0 Å². The monoisotopic (exact) mass is 386 g/mol. The Morgan fingerprint density at radius 3 is 1.96 bits per heavy atom. The Balaban J connectivity index is 2.34. The van der Waals surface area contributed by atoms with Gasteiger partial charge in [0.1, 0.15) is 5.75 Å². The van der Waals surface area contributed by atoms with Crippen molar-refractivity contribution in [1.82, 2.24) is 0 Å². The summed E-state index contributed by atoms with van der Waals surface area (Å²) in [5.74, 6) is 1.01. The van der Waals surface area contributed by atoms with Gasteiger partial charge in [0.25, 0.3) is 0 Å². The van der Waals surface area contributed by atoms with E-state index >= 15 is 0 Å². The number of phenolic OH excluding ortho intramolecular Hbond substituents is 1. The molecule has 0 aromatic heterocycles. The topological polar surface area (TPSA) is 20.2 Å². The molecule has 1 atom stereocenters. The lowest BCUT2D eigenvalue weighted by atomic mass is 9.77. The zero-order chi connectivity index (χ0) is 20.8. The molecule has 0 saturated carbocycles. The second-order valence-corrected chi connectivity index (χ2v) is 11.3. The molecule has 28 heavy (non-hydrogen) atoms. The van der Waals surface area contributed by atoms with Gasteiger partial charge >= 0.3 is 0 Å². The maximum Gasteiger partial charge on any atom is 0.122 e. The van der Waals surface area contributed by atoms with Crippen molar-refractivity contribution in [1.29, 1.82) is 0 Å². The predicted octanol–water partition coefficient (Wildman–Crippen LogP) is 8.67. The first-order chi connectivity index (χ1) is 13.1. The van der Waals surface area contributed by atoms with Crippen LogP contribution in [0.3, 0.4) is 0 Å². The van der Waals surface area contributed by atoms with Crippen molar-refractivity contribution in [3.63, 3.8) is 0 Å². The first-order valence-corrected chi connectivity index (χ1v) is 12.0. The van der Waals surface area contributed by atoms with Crippen LogP contribution in [0.5, 0.6) is 5.75 Å². The Hall–Kier alpha value is -0.980. The summed E-state index contributed by atoms with van der Waals surface area (Å²) < 4.78 is 0. The lowest BCUT2D eigenvalue weighted by Crippen LogP contribution is -2.18. The Morgan fingerprint density at radius 1 is 0.857 bits per heavy atom. The normalized spacial score (nSPS) is 23.1. The molecule has 1 aliphatic rings. The smallest absolute Gasteiger partial charge is 0.122 e. The van der Waals surface area contributed by atoms with E-state index in [1.165, 1.54) is 87.3 Å². The zero-order valence-corrected chi connectivity index (χ0v) is 19.7. The minimum atomic E-state index is 0.111. The quantitative estimate of drug-likeness (QED) is 0.473. The van der Waals surface area contributed by atoms with Gasteiger partial charge in [0.2, 0.25) is 0 Å². The molecular weight excluding hydrogens is 340 g/mol. The predicted molar refractivity (Wildman–Crippen MR) is 123 cm³/mol. The van der Waals surface area contributed by atoms with Gasteiger partial charge < -0.3 is 5.11 Å². The number of phenols is 1. The first-order valence-electron chi connectivity index (χ1n) is 12.0. The van der Waals surface area contributed by atoms with Crippen LogP contribution in [0.1, 0.15) is 135 Å². The average molecular weight is 387 g/mol. The van der Waals surface area contributed by atoms with Gasteiger partial charge in [-0.05, 0) is 52.7 Å². The van der Waals surface area contributed by atoms with E-state index in [1.807, 2.05) is 0 Å². The van der Waals surface area contributed by atoms with Crippen molar-refractivity contribution < 1.29 is 5.11 Å². The molecule has 0 spiro atoms. The van der Waals surface area contributed by atoms with Crippen molar-refractivity contribution in [3.05, 3.63) is 28.8 Å². The van der Waals surface area contributed by atoms with E-state index in [0.717, 1.165) is 6.42 Å². The summed E-state index contributed by atoms with van der Waals surface area (Å²) in [6, 6.07) is 4.59. The maximum atomic E-state index is 11.2. The third-order valence-corrected chi connectivity index (χ3v) is 6.77. The fraction of sp³-hybridized carbons (Fsp3) is 0.778. The van der Waals surface area contributed by atoms with Gasteiger partial charge in [-0.3, -0.25) is 0 Å². The van der Waals surface area contributed by atoms with E-state index in [0.29, 0.717) is 11.7 Å². The highest BCUT2D eigenvalue weighted by Crippen LogP contribution is 2.40. The number of hydrogen-bond acceptors (Lipinski definition) is 1. The minimum Gasteiger partial charge on any atom is -0.507 e. The van der Waals surface area contributed by atoms with E-state index in [4.69, 9.17) is 0 Å². The van der Waals surface area contributed by atoms with E-state index in [-0.39, 0.29) is 10.8 Å². The summed E-state index contributed by atoms with van der Waals surface area (Å²) in [5.41, 5.74) is 4.07. The molecule has 1 N–H and O–H groups in total. The highest BCUT2D eigenvalue weighted by Gasteiger charge is 2.25. The molecule has 0 heterocycles. The van der Waals surface area contributed by atoms with Gasteiger partial charge in [0, 0.05) is 0 Å². The van der Waals surface area contributed by atoms with E-state index in [2.05, 4.69) is 53.7 Å². The van der Waals surface area contributed by atoms with Crippen LogP contribution in [0.15, 0.2) is 12.1 Å². The molecule has 0 saturated heterocycles. The fourth-order valence-electron chi connectivity index (χ4n) is 4.71. The molecule has 1 unspecified atom stereocenters. The highest BCUT2D eigenvalue weighted by molar-refractivity contribution is 5.47. The second kappa shape index (κ2) is 10.2. The second-order valence-electron chi connectivity index (χ2n) is 11.3. The molecule has 0 aliphatic heterocycles. The van der Waals surface area contributed by atoms with Crippen LogP contribution in [-0.2, 0) is 11.8 Å². The summed E-state index contributed by atoms with van der Waals surface area (Å²) in [6.07, 6.45) is 15.7. The van der Waals surface area contributed by atoms with Crippen molar-refractivity contribution in [3.8, 4) is 5.75 Å². The lowest BCUT2D eigenvalue weighted by Gasteiger charge is -2.29. The van der Waals surface area contributed by atoms with Crippen LogP contribution in [-0.4, -0.2) is 5.11 Å². The first kappa shape index (κ1) is 23.3. The maximum absolute atomic E-state index is 11.2. The van der Waals surface area contributed by atoms with Gasteiger partial charge in [0.05, 0.1) is 0 Å². The molecule has 0 fully saturated rings. The molecule has 0 amide bonds. The minimum absolute atomic E-state index is 0.111. The third kappa shape index (κ3) is 7.12. The van der Waals surface area contributed by atoms with Gasteiger partial charge in [-0.1, -0.05) is 111 Å². The molecule has 1 nitrogen and oxygen atoms in total. The number of hydrogen-bond donors (Lipinski definition) is 1. The Morgan fingerprint density at radius 2 is 1.39 bits per heavy atom. The van der Waals surface area contributed by atoms with Gasteiger partial charge in [-0.15, -0.1) is 0 Å². The van der Waals surface area contributed by atoms with Crippen LogP contribution < -0.4 is 0 Å². The molecule has 2 bridgehead atoms. The van der Waals surface area contributed by atoms with Crippen molar-refractivity contribution >= 4 is 0 Å². The van der Waals surface area contributed by atoms with E-state index < -0.39 is 0 Å². The largest absolute Gasteiger partial charge is 0.507 e. The summed E-state index contributed by atoms with van der Waals surface area (Å²) in [4.78, 5) is 0. The van der Waals surface area contributed by atoms with Gasteiger partial charge in [0.15, 0.2) is 0 Å². The molecule has 1 aromatic rings. The summed E-state index contributed by atoms with van der Waals surface area (Å²) in [6.45, 7) is 13.9. The molecule has 1 aromatic carbocycles. The Bertz CT molecular complexity index is 605. The van der Waals surface area contributed by atoms with Crippen LogP contribution in [0.2, 0.25) is 0 Å². The fourth-order valence-corrected chi connectivity index (χ4v) is 4.71. The molecule has 0 radical (unpaired) electrons. The standard InChI is InChI=1S/C27H46O/c1-21-16-14-12-10-8-7-9-11-13-15-17-27(5,6)20-22-18-23(26(2,3)4)19-24(21)25(22)28/h18-19,21,28H,7-17,20H2,1-6H3. The van der Waals surface area contributed by atoms with E-state index in [9.17, 15) is 5.11 Å². The average Bonchev–Trinajstić information content (AvgIpc) is 2.59. The van der Waals surface area contributed by atoms with Crippen molar-refractivity contribution in [2.75, 3.05) is 0 Å². The lowest BCUT2D eigenvalue weighted by molar-refractivity contribution is 0.310. The number of aromatic hydroxyl groups is 1. The number of rotatable bonds is 0. The highest BCUT2D eigenvalue weighted by atomic mass is 16.3. The number of fused-ring (bicyclic) bond motifs is 2. The SMILES string of the molecule is CC1CCCCCCCCCCCC(C)(C)Cc2cc(C(C)(C)C)cc1c2O. The Kier molecular flexibility index (Phi) is 8.46.